The molecule has 2 fully saturated rings. The molecule has 0 aromatic rings. The molecule has 6 nitrogen and oxygen atoms in total. The molecule has 2 atom stereocenters. The Hall–Kier alpha value is -0.570. The van der Waals surface area contributed by atoms with Crippen LogP contribution in [0, 0.1) is 5.41 Å². The van der Waals surface area contributed by atoms with Gasteiger partial charge in [0, 0.05) is 38.2 Å². The number of aliphatic imine (C=N–C) groups is 1. The lowest BCUT2D eigenvalue weighted by molar-refractivity contribution is -0.176. The van der Waals surface area contributed by atoms with Gasteiger partial charge in [0.1, 0.15) is 6.54 Å². The third kappa shape index (κ3) is 4.33. The molecule has 140 valence electrons. The molecule has 0 aromatic carbocycles. The van der Waals surface area contributed by atoms with Gasteiger partial charge in [-0.15, -0.1) is 24.0 Å². The van der Waals surface area contributed by atoms with E-state index >= 15 is 0 Å². The second-order valence-corrected chi connectivity index (χ2v) is 7.34. The van der Waals surface area contributed by atoms with E-state index in [0.29, 0.717) is 0 Å². The molecule has 1 aliphatic carbocycles. The van der Waals surface area contributed by atoms with Gasteiger partial charge in [-0.1, -0.05) is 13.8 Å². The molecule has 1 heterocycles. The highest BCUT2D eigenvalue weighted by Crippen LogP contribution is 2.51. The Kier molecular flexibility index (Phi) is 7.77. The number of nitrogens with zero attached hydrogens (tertiary/aromatic N) is 2. The summed E-state index contributed by atoms with van der Waals surface area (Å²) in [5.41, 5.74) is -0.107. The molecule has 1 saturated heterocycles. The van der Waals surface area contributed by atoms with Crippen LogP contribution in [0.4, 0.5) is 0 Å². The fourth-order valence-electron chi connectivity index (χ4n) is 3.42. The number of hydrogen-bond acceptors (Lipinski definition) is 3. The van der Waals surface area contributed by atoms with Gasteiger partial charge < -0.3 is 20.3 Å². The minimum Gasteiger partial charge on any atom is -0.378 e. The Bertz CT molecular complexity index is 464. The molecule has 7 heteroatoms. The van der Waals surface area contributed by atoms with Crippen molar-refractivity contribution in [3.63, 3.8) is 0 Å². The predicted molar refractivity (Wildman–Crippen MR) is 108 cm³/mol. The molecule has 0 spiro atoms. The summed E-state index contributed by atoms with van der Waals surface area (Å²) in [5, 5.41) is 6.71. The molecule has 2 aliphatic rings. The standard InChI is InChI=1S/C17H32N4O2.HI/c1-6-18-15(19-12-14(22)21-9-7-8-10-21)20-13-11-17(4,23-5)16(13,2)3;/h13H,6-12H2,1-5H3,(H2,18,19,20);1H. The summed E-state index contributed by atoms with van der Waals surface area (Å²) in [6.45, 7) is 11.3. The van der Waals surface area contributed by atoms with E-state index in [-0.39, 0.29) is 53.5 Å². The zero-order chi connectivity index (χ0) is 17.1. The van der Waals surface area contributed by atoms with Crippen LogP contribution in [0.3, 0.4) is 0 Å². The van der Waals surface area contributed by atoms with Crippen molar-refractivity contribution in [1.29, 1.82) is 0 Å². The lowest BCUT2D eigenvalue weighted by Crippen LogP contribution is -2.69. The van der Waals surface area contributed by atoms with Crippen molar-refractivity contribution in [3.8, 4) is 0 Å². The van der Waals surface area contributed by atoms with E-state index in [4.69, 9.17) is 4.74 Å². The van der Waals surface area contributed by atoms with Crippen LogP contribution in [-0.4, -0.2) is 61.7 Å². The van der Waals surface area contributed by atoms with E-state index in [0.717, 1.165) is 44.9 Å². The summed E-state index contributed by atoms with van der Waals surface area (Å²) < 4.78 is 5.67. The van der Waals surface area contributed by atoms with Gasteiger partial charge in [-0.2, -0.15) is 0 Å². The second-order valence-electron chi connectivity index (χ2n) is 7.34. The molecule has 0 radical (unpaired) electrons. The summed E-state index contributed by atoms with van der Waals surface area (Å²) in [4.78, 5) is 18.5. The normalized spacial score (nSPS) is 28.8. The first-order chi connectivity index (χ1) is 10.8. The number of hydrogen-bond donors (Lipinski definition) is 2. The molecule has 2 rings (SSSR count). The molecule has 2 unspecified atom stereocenters. The van der Waals surface area contributed by atoms with Gasteiger partial charge in [0.2, 0.25) is 5.91 Å². The molecule has 2 N–H and O–H groups in total. The van der Waals surface area contributed by atoms with E-state index in [2.05, 4.69) is 36.4 Å². The van der Waals surface area contributed by atoms with Crippen molar-refractivity contribution < 1.29 is 9.53 Å². The number of ether oxygens (including phenoxy) is 1. The van der Waals surface area contributed by atoms with Gasteiger partial charge in [0.05, 0.1) is 5.60 Å². The van der Waals surface area contributed by atoms with E-state index in [1.54, 1.807) is 7.11 Å². The van der Waals surface area contributed by atoms with Crippen molar-refractivity contribution in [2.45, 2.75) is 58.6 Å². The average Bonchev–Trinajstić information content (AvgIpc) is 3.06. The van der Waals surface area contributed by atoms with Crippen LogP contribution < -0.4 is 10.6 Å². The fourth-order valence-corrected chi connectivity index (χ4v) is 3.42. The first-order valence-corrected chi connectivity index (χ1v) is 8.72. The van der Waals surface area contributed by atoms with Crippen molar-refractivity contribution in [2.24, 2.45) is 10.4 Å². The number of nitrogens with one attached hydrogen (secondary N) is 2. The maximum atomic E-state index is 12.1. The molecule has 1 saturated carbocycles. The minimum absolute atomic E-state index is 0. The summed E-state index contributed by atoms with van der Waals surface area (Å²) in [7, 11) is 1.77. The number of carbonyl (C=O) groups excluding carboxylic acids is 1. The topological polar surface area (TPSA) is 66.0 Å². The van der Waals surface area contributed by atoms with Crippen LogP contribution >= 0.6 is 24.0 Å². The third-order valence-electron chi connectivity index (χ3n) is 5.76. The largest absolute Gasteiger partial charge is 0.378 e. The molecule has 24 heavy (non-hydrogen) atoms. The third-order valence-corrected chi connectivity index (χ3v) is 5.76. The van der Waals surface area contributed by atoms with E-state index in [9.17, 15) is 4.79 Å². The first kappa shape index (κ1) is 21.5. The van der Waals surface area contributed by atoms with Crippen LogP contribution in [-0.2, 0) is 9.53 Å². The van der Waals surface area contributed by atoms with Gasteiger partial charge in [-0.25, -0.2) is 4.99 Å². The van der Waals surface area contributed by atoms with E-state index < -0.39 is 0 Å². The van der Waals surface area contributed by atoms with Crippen LogP contribution in [0.15, 0.2) is 4.99 Å². The molecular weight excluding hydrogens is 419 g/mol. The van der Waals surface area contributed by atoms with Gasteiger partial charge in [-0.05, 0) is 33.1 Å². The van der Waals surface area contributed by atoms with E-state index in [1.165, 1.54) is 0 Å². The van der Waals surface area contributed by atoms with Gasteiger partial charge >= 0.3 is 0 Å². The Morgan fingerprint density at radius 3 is 2.42 bits per heavy atom. The Morgan fingerprint density at radius 1 is 1.29 bits per heavy atom. The Morgan fingerprint density at radius 2 is 1.92 bits per heavy atom. The number of carbonyl (C=O) groups is 1. The zero-order valence-corrected chi connectivity index (χ0v) is 18.0. The Labute approximate surface area is 163 Å². The SMILES string of the molecule is CCNC(=NCC(=O)N1CCCC1)NC1CC(C)(OC)C1(C)C.I. The number of rotatable bonds is 5. The first-order valence-electron chi connectivity index (χ1n) is 8.72. The lowest BCUT2D eigenvalue weighted by atomic mass is 9.56. The molecule has 1 aliphatic heterocycles. The maximum Gasteiger partial charge on any atom is 0.244 e. The summed E-state index contributed by atoms with van der Waals surface area (Å²) in [5.74, 6) is 0.838. The smallest absolute Gasteiger partial charge is 0.244 e. The van der Waals surface area contributed by atoms with Crippen LogP contribution in [0.1, 0.15) is 47.0 Å². The van der Waals surface area contributed by atoms with Crippen LogP contribution in [0.5, 0.6) is 0 Å². The number of halogens is 1. The number of likely N-dealkylation sites (tertiary alicyclic amines) is 1. The van der Waals surface area contributed by atoms with Crippen LogP contribution in [0.2, 0.25) is 0 Å². The fraction of sp³-hybridized carbons (Fsp3) is 0.882. The summed E-state index contributed by atoms with van der Waals surface area (Å²) in [6, 6.07) is 0.284. The monoisotopic (exact) mass is 452 g/mol. The van der Waals surface area contributed by atoms with Crippen molar-refractivity contribution >= 4 is 35.8 Å². The van der Waals surface area contributed by atoms with Gasteiger partial charge in [0.25, 0.3) is 0 Å². The Balaban J connectivity index is 0.00000288. The molecule has 1 amide bonds. The summed E-state index contributed by atoms with van der Waals surface area (Å²) in [6.07, 6.45) is 3.15. The zero-order valence-electron chi connectivity index (χ0n) is 15.6. The van der Waals surface area contributed by atoms with Crippen molar-refractivity contribution in [1.82, 2.24) is 15.5 Å². The highest BCUT2D eigenvalue weighted by molar-refractivity contribution is 14.0. The summed E-state index contributed by atoms with van der Waals surface area (Å²) >= 11 is 0. The highest BCUT2D eigenvalue weighted by atomic mass is 127. The van der Waals surface area contributed by atoms with Crippen LogP contribution in [0.25, 0.3) is 0 Å². The molecule has 0 aromatic heterocycles. The maximum absolute atomic E-state index is 12.1. The number of guanidine groups is 1. The second kappa shape index (κ2) is 8.69. The quantitative estimate of drug-likeness (QED) is 0.381. The van der Waals surface area contributed by atoms with Gasteiger partial charge in [-0.3, -0.25) is 4.79 Å². The van der Waals surface area contributed by atoms with Gasteiger partial charge in [0.15, 0.2) is 5.96 Å². The molecular formula is C17H33IN4O2. The van der Waals surface area contributed by atoms with Crippen molar-refractivity contribution in [3.05, 3.63) is 0 Å². The molecule has 0 bridgehead atoms. The lowest BCUT2D eigenvalue weighted by Gasteiger charge is -2.59. The van der Waals surface area contributed by atoms with E-state index in [1.807, 2.05) is 11.8 Å². The average molecular weight is 452 g/mol. The minimum atomic E-state index is -0.118. The number of amides is 1. The van der Waals surface area contributed by atoms with Crippen molar-refractivity contribution in [2.75, 3.05) is 33.3 Å². The predicted octanol–water partition coefficient (Wildman–Crippen LogP) is 1.99. The highest BCUT2D eigenvalue weighted by Gasteiger charge is 2.58. The number of methoxy groups -OCH3 is 1.